The minimum atomic E-state index is 0.0224. The van der Waals surface area contributed by atoms with Crippen molar-refractivity contribution in [3.63, 3.8) is 0 Å². The Hall–Kier alpha value is -2.13. The monoisotopic (exact) mass is 253 g/mol. The fourth-order valence-corrected chi connectivity index (χ4v) is 2.36. The Labute approximate surface area is 111 Å². The molecule has 1 heterocycles. The zero-order chi connectivity index (χ0) is 13.2. The van der Waals surface area contributed by atoms with Gasteiger partial charge >= 0.3 is 0 Å². The number of pyridine rings is 1. The first-order valence-corrected chi connectivity index (χ1v) is 6.50. The molecule has 0 saturated heterocycles. The molecule has 0 amide bonds. The van der Waals surface area contributed by atoms with E-state index in [0.717, 1.165) is 27.5 Å². The number of benzene rings is 2. The largest absolute Gasteiger partial charge is 0.394 e. The van der Waals surface area contributed by atoms with Crippen molar-refractivity contribution in [2.24, 2.45) is 0 Å². The van der Waals surface area contributed by atoms with E-state index >= 15 is 0 Å². The van der Waals surface area contributed by atoms with Gasteiger partial charge < -0.3 is 10.4 Å². The zero-order valence-corrected chi connectivity index (χ0v) is 10.9. The summed E-state index contributed by atoms with van der Waals surface area (Å²) in [6.07, 6.45) is 0. The maximum absolute atomic E-state index is 9.27. The van der Waals surface area contributed by atoms with E-state index < -0.39 is 0 Å². The summed E-state index contributed by atoms with van der Waals surface area (Å²) in [7, 11) is 0. The minimum absolute atomic E-state index is 0.0224. The predicted molar refractivity (Wildman–Crippen MR) is 78.2 cm³/mol. The molecule has 0 unspecified atom stereocenters. The number of nitrogens with one attached hydrogen (secondary N) is 2. The third-order valence-corrected chi connectivity index (χ3v) is 3.33. The molecule has 0 saturated carbocycles. The number of hydrogen-bond donors (Lipinski definition) is 2. The number of aromatic nitrogens is 1. The minimum Gasteiger partial charge on any atom is -0.394 e. The Bertz CT molecular complexity index is 670. The normalized spacial score (nSPS) is 12.7. The van der Waals surface area contributed by atoms with Crippen molar-refractivity contribution in [2.45, 2.75) is 13.0 Å². The molecule has 3 nitrogen and oxygen atoms in total. The maximum atomic E-state index is 9.27. The van der Waals surface area contributed by atoms with E-state index in [-0.39, 0.29) is 12.6 Å². The van der Waals surface area contributed by atoms with Gasteiger partial charge in [0.25, 0.3) is 0 Å². The van der Waals surface area contributed by atoms with Crippen molar-refractivity contribution < 1.29 is 10.1 Å². The Morgan fingerprint density at radius 3 is 2.05 bits per heavy atom. The van der Waals surface area contributed by atoms with Gasteiger partial charge in [-0.1, -0.05) is 24.3 Å². The SMILES string of the molecule is C[C@H](CO)Nc1c2ccccc2[nH+]c2ccccc12. The van der Waals surface area contributed by atoms with Crippen molar-refractivity contribution in [1.82, 2.24) is 0 Å². The van der Waals surface area contributed by atoms with Gasteiger partial charge in [-0.2, -0.15) is 0 Å². The summed E-state index contributed by atoms with van der Waals surface area (Å²) in [5.41, 5.74) is 3.26. The van der Waals surface area contributed by atoms with Gasteiger partial charge in [-0.05, 0) is 19.1 Å². The average Bonchev–Trinajstić information content (AvgIpc) is 2.46. The summed E-state index contributed by atoms with van der Waals surface area (Å²) >= 11 is 0. The molecule has 2 aromatic carbocycles. The second-order valence-corrected chi connectivity index (χ2v) is 4.82. The lowest BCUT2D eigenvalue weighted by molar-refractivity contribution is -0.310. The van der Waals surface area contributed by atoms with Crippen LogP contribution in [-0.4, -0.2) is 17.8 Å². The van der Waals surface area contributed by atoms with E-state index in [9.17, 15) is 5.11 Å². The van der Waals surface area contributed by atoms with Crippen LogP contribution in [0.25, 0.3) is 21.8 Å². The molecule has 0 aliphatic heterocycles. The number of H-pyrrole nitrogens is 1. The second-order valence-electron chi connectivity index (χ2n) is 4.82. The van der Waals surface area contributed by atoms with Gasteiger partial charge in [0.05, 0.1) is 23.1 Å². The highest BCUT2D eigenvalue weighted by molar-refractivity contribution is 6.04. The molecule has 0 fully saturated rings. The van der Waals surface area contributed by atoms with Gasteiger partial charge in [-0.25, -0.2) is 4.98 Å². The second kappa shape index (κ2) is 4.86. The van der Waals surface area contributed by atoms with Gasteiger partial charge in [-0.3, -0.25) is 0 Å². The summed E-state index contributed by atoms with van der Waals surface area (Å²) in [5, 5.41) is 15.0. The average molecular weight is 253 g/mol. The van der Waals surface area contributed by atoms with E-state index in [1.165, 1.54) is 0 Å². The van der Waals surface area contributed by atoms with E-state index in [4.69, 9.17) is 0 Å². The van der Waals surface area contributed by atoms with Gasteiger partial charge in [0.1, 0.15) is 0 Å². The van der Waals surface area contributed by atoms with E-state index in [0.29, 0.717) is 0 Å². The summed E-state index contributed by atoms with van der Waals surface area (Å²) < 4.78 is 0. The molecule has 3 rings (SSSR count). The number of rotatable bonds is 3. The Morgan fingerprint density at radius 2 is 1.53 bits per heavy atom. The van der Waals surface area contributed by atoms with Crippen molar-refractivity contribution >= 4 is 27.5 Å². The first-order chi connectivity index (χ1) is 9.29. The molecule has 19 heavy (non-hydrogen) atoms. The fraction of sp³-hybridized carbons (Fsp3) is 0.188. The highest BCUT2D eigenvalue weighted by atomic mass is 16.3. The Kier molecular flexibility index (Phi) is 3.05. The van der Waals surface area contributed by atoms with Gasteiger partial charge in [0, 0.05) is 18.2 Å². The number of para-hydroxylation sites is 2. The smallest absolute Gasteiger partial charge is 0.213 e. The van der Waals surface area contributed by atoms with Gasteiger partial charge in [0.15, 0.2) is 0 Å². The van der Waals surface area contributed by atoms with Crippen LogP contribution < -0.4 is 10.3 Å². The third-order valence-electron chi connectivity index (χ3n) is 3.33. The van der Waals surface area contributed by atoms with Crippen molar-refractivity contribution in [2.75, 3.05) is 11.9 Å². The van der Waals surface area contributed by atoms with Crippen molar-refractivity contribution in [3.8, 4) is 0 Å². The molecule has 3 N–H and O–H groups in total. The highest BCUT2D eigenvalue weighted by Crippen LogP contribution is 2.28. The van der Waals surface area contributed by atoms with Crippen LogP contribution in [0, 0.1) is 0 Å². The molecule has 0 bridgehead atoms. The van der Waals surface area contributed by atoms with Crippen LogP contribution >= 0.6 is 0 Å². The van der Waals surface area contributed by atoms with Gasteiger partial charge in [-0.15, -0.1) is 0 Å². The summed E-state index contributed by atoms with van der Waals surface area (Å²) in [4.78, 5) is 3.44. The van der Waals surface area contributed by atoms with Crippen LogP contribution in [0.5, 0.6) is 0 Å². The van der Waals surface area contributed by atoms with Gasteiger partial charge in [0.2, 0.25) is 11.0 Å². The van der Waals surface area contributed by atoms with E-state index in [1.807, 2.05) is 31.2 Å². The molecule has 96 valence electrons. The number of fused-ring (bicyclic) bond motifs is 2. The molecule has 3 aromatic rings. The highest BCUT2D eigenvalue weighted by Gasteiger charge is 2.14. The van der Waals surface area contributed by atoms with Crippen LogP contribution in [0.3, 0.4) is 0 Å². The maximum Gasteiger partial charge on any atom is 0.213 e. The number of aliphatic hydroxyl groups excluding tert-OH is 1. The van der Waals surface area contributed by atoms with Crippen LogP contribution in [-0.2, 0) is 0 Å². The molecule has 0 spiro atoms. The summed E-state index contributed by atoms with van der Waals surface area (Å²) in [6.45, 7) is 2.08. The van der Waals surface area contributed by atoms with E-state index in [1.54, 1.807) is 0 Å². The molecule has 1 atom stereocenters. The van der Waals surface area contributed by atoms with Crippen molar-refractivity contribution in [3.05, 3.63) is 48.5 Å². The molecule has 0 aliphatic rings. The first kappa shape index (κ1) is 11.9. The molecule has 0 aliphatic carbocycles. The molecular formula is C16H17N2O+. The Morgan fingerprint density at radius 1 is 1.00 bits per heavy atom. The number of anilines is 1. The van der Waals surface area contributed by atoms with Crippen LogP contribution in [0.1, 0.15) is 6.92 Å². The lowest BCUT2D eigenvalue weighted by Crippen LogP contribution is -2.20. The third kappa shape index (κ3) is 2.13. The molecular weight excluding hydrogens is 236 g/mol. The number of hydrogen-bond acceptors (Lipinski definition) is 2. The standard InChI is InChI=1S/C16H16N2O/c1-11(10-19)17-16-12-6-2-4-8-14(12)18-15-9-5-3-7-13(15)16/h2-9,11,19H,10H2,1H3,(H,17,18)/p+1/t11-/m1/s1. The molecule has 1 aromatic heterocycles. The number of aromatic amines is 1. The van der Waals surface area contributed by atoms with E-state index in [2.05, 4.69) is 34.6 Å². The summed E-state index contributed by atoms with van der Waals surface area (Å²) in [6, 6.07) is 16.4. The Balaban J connectivity index is 2.33. The van der Waals surface area contributed by atoms with Crippen LogP contribution in [0.15, 0.2) is 48.5 Å². The fourth-order valence-electron chi connectivity index (χ4n) is 2.36. The molecule has 0 radical (unpaired) electrons. The lowest BCUT2D eigenvalue weighted by atomic mass is 10.1. The first-order valence-electron chi connectivity index (χ1n) is 6.50. The lowest BCUT2D eigenvalue weighted by Gasteiger charge is -2.14. The zero-order valence-electron chi connectivity index (χ0n) is 10.9. The van der Waals surface area contributed by atoms with Crippen molar-refractivity contribution in [1.29, 1.82) is 0 Å². The predicted octanol–water partition coefficient (Wildman–Crippen LogP) is 2.60. The van der Waals surface area contributed by atoms with Crippen LogP contribution in [0.2, 0.25) is 0 Å². The quantitative estimate of drug-likeness (QED) is 0.705. The number of aliphatic hydroxyl groups is 1. The summed E-state index contributed by atoms with van der Waals surface area (Å²) in [5.74, 6) is 0. The topological polar surface area (TPSA) is 46.4 Å². The molecule has 3 heteroatoms. The van der Waals surface area contributed by atoms with Crippen LogP contribution in [0.4, 0.5) is 5.69 Å².